The van der Waals surface area contributed by atoms with Crippen LogP contribution in [0, 0.1) is 0 Å². The van der Waals surface area contributed by atoms with E-state index in [1.165, 1.54) is 17.7 Å². The molecule has 0 heterocycles. The van der Waals surface area contributed by atoms with Crippen molar-refractivity contribution in [2.75, 3.05) is 20.1 Å². The summed E-state index contributed by atoms with van der Waals surface area (Å²) in [6, 6.07) is -0.0510. The maximum absolute atomic E-state index is 11.0. The lowest BCUT2D eigenvalue weighted by atomic mass is 10.4. The van der Waals surface area contributed by atoms with Crippen LogP contribution in [0.15, 0.2) is 0 Å². The van der Waals surface area contributed by atoms with Crippen molar-refractivity contribution in [3.05, 3.63) is 0 Å². The lowest BCUT2D eigenvalue weighted by Gasteiger charge is -2.22. The van der Waals surface area contributed by atoms with Crippen molar-refractivity contribution in [1.29, 1.82) is 0 Å². The maximum atomic E-state index is 11.0. The summed E-state index contributed by atoms with van der Waals surface area (Å²) in [5.41, 5.74) is 0. The van der Waals surface area contributed by atoms with E-state index < -0.39 is 10.0 Å². The van der Waals surface area contributed by atoms with Gasteiger partial charge in [0.2, 0.25) is 10.0 Å². The number of methoxy groups -OCH3 is 1. The first-order chi connectivity index (χ1) is 4.89. The molecule has 0 aliphatic carbocycles. The minimum absolute atomic E-state index is 0.0510. The Kier molecular flexibility index (Phi) is 3.99. The van der Waals surface area contributed by atoms with Crippen molar-refractivity contribution in [3.8, 4) is 0 Å². The summed E-state index contributed by atoms with van der Waals surface area (Å²) in [7, 11) is -1.65. The monoisotopic (exact) mass is 181 g/mol. The minimum atomic E-state index is -3.12. The molecule has 68 valence electrons. The van der Waals surface area contributed by atoms with Crippen LogP contribution < -0.4 is 0 Å². The van der Waals surface area contributed by atoms with Crippen molar-refractivity contribution < 1.29 is 13.2 Å². The van der Waals surface area contributed by atoms with Gasteiger partial charge in [-0.25, -0.2) is 8.42 Å². The second-order valence-electron chi connectivity index (χ2n) is 2.66. The average molecular weight is 181 g/mol. The molecule has 0 amide bonds. The van der Waals surface area contributed by atoms with E-state index in [1.54, 1.807) is 13.8 Å². The molecule has 0 rings (SSSR count). The highest BCUT2D eigenvalue weighted by molar-refractivity contribution is 7.88. The normalized spacial score (nSPS) is 12.9. The Balaban J connectivity index is 4.36. The summed E-state index contributed by atoms with van der Waals surface area (Å²) in [6.45, 7) is 3.73. The van der Waals surface area contributed by atoms with E-state index in [2.05, 4.69) is 0 Å². The quantitative estimate of drug-likeness (QED) is 0.584. The fourth-order valence-electron chi connectivity index (χ4n) is 0.755. The van der Waals surface area contributed by atoms with Gasteiger partial charge in [0.1, 0.15) is 6.73 Å². The fraction of sp³-hybridized carbons (Fsp3) is 1.00. The molecule has 0 spiro atoms. The van der Waals surface area contributed by atoms with E-state index in [1.807, 2.05) is 0 Å². The largest absolute Gasteiger partial charge is 0.368 e. The summed E-state index contributed by atoms with van der Waals surface area (Å²) < 4.78 is 28.0. The third-order valence-corrected chi connectivity index (χ3v) is 2.64. The highest BCUT2D eigenvalue weighted by atomic mass is 32.2. The SMILES string of the molecule is COCN(C(C)C)S(C)(=O)=O. The molecule has 11 heavy (non-hydrogen) atoms. The molecule has 0 aromatic carbocycles. The number of hydrogen-bond donors (Lipinski definition) is 0. The molecular weight excluding hydrogens is 166 g/mol. The number of ether oxygens (including phenoxy) is 1. The molecule has 0 aromatic heterocycles. The lowest BCUT2D eigenvalue weighted by molar-refractivity contribution is 0.102. The van der Waals surface area contributed by atoms with Crippen LogP contribution in [0.4, 0.5) is 0 Å². The molecule has 0 atom stereocenters. The van der Waals surface area contributed by atoms with Crippen molar-refractivity contribution in [2.45, 2.75) is 19.9 Å². The smallest absolute Gasteiger partial charge is 0.213 e. The van der Waals surface area contributed by atoms with Gasteiger partial charge in [-0.05, 0) is 13.8 Å². The predicted octanol–water partition coefficient (Wildman–Crippen LogP) is 0.260. The third kappa shape index (κ3) is 3.69. The molecule has 0 radical (unpaired) electrons. The van der Waals surface area contributed by atoms with Gasteiger partial charge in [0, 0.05) is 13.2 Å². The van der Waals surface area contributed by atoms with Crippen LogP contribution >= 0.6 is 0 Å². The van der Waals surface area contributed by atoms with Gasteiger partial charge in [0.25, 0.3) is 0 Å². The Morgan fingerprint density at radius 1 is 1.45 bits per heavy atom. The summed E-state index contributed by atoms with van der Waals surface area (Å²) >= 11 is 0. The van der Waals surface area contributed by atoms with Gasteiger partial charge >= 0.3 is 0 Å². The zero-order valence-corrected chi connectivity index (χ0v) is 8.18. The van der Waals surface area contributed by atoms with E-state index in [0.717, 1.165) is 0 Å². The van der Waals surface area contributed by atoms with Crippen molar-refractivity contribution >= 4 is 10.0 Å². The molecule has 0 N–H and O–H groups in total. The second-order valence-corrected chi connectivity index (χ2v) is 4.60. The third-order valence-electron chi connectivity index (χ3n) is 1.26. The zero-order valence-electron chi connectivity index (χ0n) is 7.36. The van der Waals surface area contributed by atoms with Gasteiger partial charge in [0.15, 0.2) is 0 Å². The number of nitrogens with zero attached hydrogens (tertiary/aromatic N) is 1. The first-order valence-electron chi connectivity index (χ1n) is 3.35. The molecule has 0 unspecified atom stereocenters. The Morgan fingerprint density at radius 2 is 1.91 bits per heavy atom. The van der Waals surface area contributed by atoms with Crippen LogP contribution in [0.2, 0.25) is 0 Å². The molecule has 0 aliphatic heterocycles. The van der Waals surface area contributed by atoms with Gasteiger partial charge in [0.05, 0.1) is 6.26 Å². The summed E-state index contributed by atoms with van der Waals surface area (Å²) in [6.07, 6.45) is 1.17. The van der Waals surface area contributed by atoms with Crippen LogP contribution in [-0.4, -0.2) is 38.9 Å². The molecule has 4 nitrogen and oxygen atoms in total. The Labute approximate surface area is 68.2 Å². The van der Waals surface area contributed by atoms with Crippen LogP contribution in [0.3, 0.4) is 0 Å². The summed E-state index contributed by atoms with van der Waals surface area (Å²) in [4.78, 5) is 0. The van der Waals surface area contributed by atoms with Gasteiger partial charge < -0.3 is 4.74 Å². The van der Waals surface area contributed by atoms with E-state index in [0.29, 0.717) is 0 Å². The Hall–Kier alpha value is -0.130. The molecule has 0 aliphatic rings. The van der Waals surface area contributed by atoms with Crippen molar-refractivity contribution in [1.82, 2.24) is 4.31 Å². The maximum Gasteiger partial charge on any atom is 0.213 e. The molecule has 0 bridgehead atoms. The molecular formula is C6H15NO3S. The Morgan fingerprint density at radius 3 is 2.00 bits per heavy atom. The van der Waals surface area contributed by atoms with Gasteiger partial charge in [-0.1, -0.05) is 0 Å². The summed E-state index contributed by atoms with van der Waals surface area (Å²) in [5, 5.41) is 0. The predicted molar refractivity (Wildman–Crippen MR) is 43.7 cm³/mol. The second kappa shape index (κ2) is 4.04. The van der Waals surface area contributed by atoms with Gasteiger partial charge in [-0.3, -0.25) is 0 Å². The van der Waals surface area contributed by atoms with Gasteiger partial charge in [-0.2, -0.15) is 4.31 Å². The first-order valence-corrected chi connectivity index (χ1v) is 5.20. The van der Waals surface area contributed by atoms with Crippen LogP contribution in [0.25, 0.3) is 0 Å². The van der Waals surface area contributed by atoms with Crippen molar-refractivity contribution in [3.63, 3.8) is 0 Å². The molecule has 5 heteroatoms. The molecule has 0 aromatic rings. The van der Waals surface area contributed by atoms with E-state index in [9.17, 15) is 8.42 Å². The average Bonchev–Trinajstić information content (AvgIpc) is 1.79. The molecule has 0 fully saturated rings. The highest BCUT2D eigenvalue weighted by Crippen LogP contribution is 2.03. The standard InChI is InChI=1S/C6H15NO3S/c1-6(2)7(5-10-3)11(4,8)9/h6H,5H2,1-4H3. The lowest BCUT2D eigenvalue weighted by Crippen LogP contribution is -2.37. The highest BCUT2D eigenvalue weighted by Gasteiger charge is 2.18. The van der Waals surface area contributed by atoms with Crippen molar-refractivity contribution in [2.24, 2.45) is 0 Å². The number of hydrogen-bond acceptors (Lipinski definition) is 3. The minimum Gasteiger partial charge on any atom is -0.368 e. The molecule has 0 saturated heterocycles. The van der Waals surface area contributed by atoms with E-state index in [-0.39, 0.29) is 12.8 Å². The fourth-order valence-corrected chi connectivity index (χ4v) is 1.82. The van der Waals surface area contributed by atoms with Crippen LogP contribution in [0.1, 0.15) is 13.8 Å². The Bertz CT molecular complexity index is 198. The molecule has 0 saturated carbocycles. The summed E-state index contributed by atoms with van der Waals surface area (Å²) in [5.74, 6) is 0. The topological polar surface area (TPSA) is 46.6 Å². The van der Waals surface area contributed by atoms with E-state index in [4.69, 9.17) is 4.74 Å². The number of sulfonamides is 1. The zero-order chi connectivity index (χ0) is 9.07. The first kappa shape index (κ1) is 10.9. The van der Waals surface area contributed by atoms with Gasteiger partial charge in [-0.15, -0.1) is 0 Å². The van der Waals surface area contributed by atoms with Crippen LogP contribution in [0.5, 0.6) is 0 Å². The van der Waals surface area contributed by atoms with E-state index >= 15 is 0 Å². The number of rotatable bonds is 4. The van der Waals surface area contributed by atoms with Crippen LogP contribution in [-0.2, 0) is 14.8 Å².